The van der Waals surface area contributed by atoms with Gasteiger partial charge in [-0.2, -0.15) is 0 Å². The number of methoxy groups -OCH3 is 1. The molecule has 0 amide bonds. The number of rotatable bonds is 3. The minimum absolute atomic E-state index is 0.362. The number of aryl methyl sites for hydroxylation is 2. The Kier molecular flexibility index (Phi) is 3.97. The van der Waals surface area contributed by atoms with E-state index in [2.05, 4.69) is 17.1 Å². The first-order valence-corrected chi connectivity index (χ1v) is 7.64. The summed E-state index contributed by atoms with van der Waals surface area (Å²) in [6, 6.07) is 3.95. The van der Waals surface area contributed by atoms with Gasteiger partial charge in [-0.05, 0) is 54.5 Å². The molecule has 1 heterocycles. The van der Waals surface area contributed by atoms with Crippen LogP contribution in [-0.4, -0.2) is 24.1 Å². The number of aromatic nitrogens is 1. The van der Waals surface area contributed by atoms with Crippen molar-refractivity contribution < 1.29 is 9.53 Å². The fraction of sp³-hybridized carbons (Fsp3) is 0.471. The standard InChI is InChI=1S/C17H22N2O2/c1-21-17(20)15(18)8-13-10-19-16-9-12-6-4-2-3-5-11(12)7-14(13)16/h7,9-10,15,19H,2-6,8,18H2,1H3. The number of hydrogen-bond donors (Lipinski definition) is 2. The zero-order chi connectivity index (χ0) is 14.8. The Morgan fingerprint density at radius 1 is 1.29 bits per heavy atom. The highest BCUT2D eigenvalue weighted by Crippen LogP contribution is 2.28. The van der Waals surface area contributed by atoms with Gasteiger partial charge in [0.05, 0.1) is 7.11 Å². The largest absolute Gasteiger partial charge is 0.468 e. The summed E-state index contributed by atoms with van der Waals surface area (Å²) in [5.74, 6) is -0.362. The van der Waals surface area contributed by atoms with Crippen LogP contribution in [0.5, 0.6) is 0 Å². The van der Waals surface area contributed by atoms with E-state index in [9.17, 15) is 4.79 Å². The Morgan fingerprint density at radius 3 is 2.71 bits per heavy atom. The number of carbonyl (C=O) groups excluding carboxylic acids is 1. The van der Waals surface area contributed by atoms with Crippen molar-refractivity contribution in [2.45, 2.75) is 44.6 Å². The number of esters is 1. The summed E-state index contributed by atoms with van der Waals surface area (Å²) in [5, 5.41) is 1.19. The van der Waals surface area contributed by atoms with Gasteiger partial charge in [0.15, 0.2) is 0 Å². The third-order valence-corrected chi connectivity index (χ3v) is 4.42. The second-order valence-electron chi connectivity index (χ2n) is 5.87. The Morgan fingerprint density at radius 2 is 2.00 bits per heavy atom. The van der Waals surface area contributed by atoms with E-state index in [4.69, 9.17) is 10.5 Å². The van der Waals surface area contributed by atoms with E-state index in [1.54, 1.807) is 0 Å². The molecule has 0 bridgehead atoms. The van der Waals surface area contributed by atoms with Crippen LogP contribution in [0.2, 0.25) is 0 Å². The molecule has 1 atom stereocenters. The summed E-state index contributed by atoms with van der Waals surface area (Å²) >= 11 is 0. The van der Waals surface area contributed by atoms with Crippen LogP contribution in [0.25, 0.3) is 10.9 Å². The fourth-order valence-electron chi connectivity index (χ4n) is 3.23. The maximum Gasteiger partial charge on any atom is 0.322 e. The maximum absolute atomic E-state index is 11.5. The molecule has 0 saturated carbocycles. The lowest BCUT2D eigenvalue weighted by Gasteiger charge is -2.10. The topological polar surface area (TPSA) is 68.1 Å². The average molecular weight is 286 g/mol. The van der Waals surface area contributed by atoms with Gasteiger partial charge in [0.25, 0.3) is 0 Å². The van der Waals surface area contributed by atoms with Gasteiger partial charge in [0.1, 0.15) is 6.04 Å². The number of benzene rings is 1. The minimum Gasteiger partial charge on any atom is -0.468 e. The number of H-pyrrole nitrogens is 1. The summed E-state index contributed by atoms with van der Waals surface area (Å²) in [6.07, 6.45) is 8.64. The van der Waals surface area contributed by atoms with E-state index < -0.39 is 6.04 Å². The number of carbonyl (C=O) groups is 1. The zero-order valence-corrected chi connectivity index (χ0v) is 12.4. The van der Waals surface area contributed by atoms with E-state index in [-0.39, 0.29) is 5.97 Å². The second-order valence-corrected chi connectivity index (χ2v) is 5.87. The fourth-order valence-corrected chi connectivity index (χ4v) is 3.23. The van der Waals surface area contributed by atoms with Gasteiger partial charge in [-0.3, -0.25) is 4.79 Å². The Balaban J connectivity index is 1.94. The monoisotopic (exact) mass is 286 g/mol. The van der Waals surface area contributed by atoms with Crippen LogP contribution in [0.4, 0.5) is 0 Å². The van der Waals surface area contributed by atoms with Gasteiger partial charge in [-0.1, -0.05) is 6.42 Å². The highest BCUT2D eigenvalue weighted by Gasteiger charge is 2.18. The predicted molar refractivity (Wildman–Crippen MR) is 83.3 cm³/mol. The molecule has 0 aliphatic heterocycles. The maximum atomic E-state index is 11.5. The van der Waals surface area contributed by atoms with Crippen molar-refractivity contribution in [2.24, 2.45) is 5.73 Å². The van der Waals surface area contributed by atoms with Gasteiger partial charge < -0.3 is 15.5 Å². The van der Waals surface area contributed by atoms with E-state index in [0.717, 1.165) is 17.5 Å². The third-order valence-electron chi connectivity index (χ3n) is 4.42. The Hall–Kier alpha value is -1.81. The molecule has 1 unspecified atom stereocenters. The van der Waals surface area contributed by atoms with E-state index in [1.165, 1.54) is 49.3 Å². The van der Waals surface area contributed by atoms with Crippen LogP contribution in [-0.2, 0) is 28.8 Å². The van der Waals surface area contributed by atoms with Gasteiger partial charge in [0, 0.05) is 23.5 Å². The number of aromatic amines is 1. The van der Waals surface area contributed by atoms with Crippen molar-refractivity contribution in [1.82, 2.24) is 4.98 Å². The van der Waals surface area contributed by atoms with E-state index >= 15 is 0 Å². The summed E-state index contributed by atoms with van der Waals surface area (Å²) in [7, 11) is 1.37. The van der Waals surface area contributed by atoms with Crippen LogP contribution < -0.4 is 5.73 Å². The molecule has 1 aliphatic rings. The van der Waals surface area contributed by atoms with Crippen LogP contribution in [0.3, 0.4) is 0 Å². The number of fused-ring (bicyclic) bond motifs is 2. The lowest BCUT2D eigenvalue weighted by Crippen LogP contribution is -2.33. The summed E-state index contributed by atoms with van der Waals surface area (Å²) in [4.78, 5) is 14.8. The molecule has 0 saturated heterocycles. The third kappa shape index (κ3) is 2.81. The van der Waals surface area contributed by atoms with Crippen LogP contribution in [0, 0.1) is 0 Å². The Bertz CT molecular complexity index is 660. The minimum atomic E-state index is -0.604. The van der Waals surface area contributed by atoms with Crippen molar-refractivity contribution in [2.75, 3.05) is 7.11 Å². The number of hydrogen-bond acceptors (Lipinski definition) is 3. The zero-order valence-electron chi connectivity index (χ0n) is 12.4. The SMILES string of the molecule is COC(=O)C(N)Cc1c[nH]c2cc3c(cc12)CCCCC3. The molecule has 0 fully saturated rings. The molecule has 1 aromatic heterocycles. The van der Waals surface area contributed by atoms with Crippen molar-refractivity contribution in [3.05, 3.63) is 35.0 Å². The molecular formula is C17H22N2O2. The first-order valence-electron chi connectivity index (χ1n) is 7.64. The first-order chi connectivity index (χ1) is 10.2. The molecule has 0 radical (unpaired) electrons. The van der Waals surface area contributed by atoms with Crippen molar-refractivity contribution in [1.29, 1.82) is 0 Å². The normalized spacial score (nSPS) is 16.3. The van der Waals surface area contributed by atoms with Crippen molar-refractivity contribution in [3.63, 3.8) is 0 Å². The number of ether oxygens (including phenoxy) is 1. The van der Waals surface area contributed by atoms with Gasteiger partial charge in [0.2, 0.25) is 0 Å². The van der Waals surface area contributed by atoms with Gasteiger partial charge in [-0.15, -0.1) is 0 Å². The summed E-state index contributed by atoms with van der Waals surface area (Å²) in [5.41, 5.74) is 11.0. The second kappa shape index (κ2) is 5.90. The number of nitrogens with two attached hydrogens (primary N) is 1. The molecule has 4 heteroatoms. The first kappa shape index (κ1) is 14.1. The average Bonchev–Trinajstić information content (AvgIpc) is 2.72. The molecule has 21 heavy (non-hydrogen) atoms. The highest BCUT2D eigenvalue weighted by molar-refractivity contribution is 5.86. The molecule has 4 nitrogen and oxygen atoms in total. The van der Waals surface area contributed by atoms with Crippen LogP contribution in [0.15, 0.2) is 18.3 Å². The summed E-state index contributed by atoms with van der Waals surface area (Å²) in [6.45, 7) is 0. The predicted octanol–water partition coefficient (Wildman–Crippen LogP) is 2.48. The molecule has 112 valence electrons. The van der Waals surface area contributed by atoms with Gasteiger partial charge in [-0.25, -0.2) is 0 Å². The summed E-state index contributed by atoms with van der Waals surface area (Å²) < 4.78 is 4.71. The lowest BCUT2D eigenvalue weighted by molar-refractivity contribution is -0.142. The molecule has 1 aliphatic carbocycles. The number of nitrogens with one attached hydrogen (secondary N) is 1. The quantitative estimate of drug-likeness (QED) is 0.673. The van der Waals surface area contributed by atoms with Crippen molar-refractivity contribution in [3.8, 4) is 0 Å². The van der Waals surface area contributed by atoms with Crippen molar-refractivity contribution >= 4 is 16.9 Å². The van der Waals surface area contributed by atoms with E-state index in [0.29, 0.717) is 6.42 Å². The highest BCUT2D eigenvalue weighted by atomic mass is 16.5. The van der Waals surface area contributed by atoms with Crippen LogP contribution >= 0.6 is 0 Å². The van der Waals surface area contributed by atoms with Gasteiger partial charge >= 0.3 is 5.97 Å². The smallest absolute Gasteiger partial charge is 0.322 e. The molecule has 3 N–H and O–H groups in total. The molecule has 3 rings (SSSR count). The Labute approximate surface area is 124 Å². The van der Waals surface area contributed by atoms with Crippen LogP contribution in [0.1, 0.15) is 36.0 Å². The molecule has 0 spiro atoms. The molecule has 2 aromatic rings. The van der Waals surface area contributed by atoms with E-state index in [1.807, 2.05) is 6.20 Å². The lowest BCUT2D eigenvalue weighted by atomic mass is 9.98. The molecule has 1 aromatic carbocycles. The molecular weight excluding hydrogens is 264 g/mol.